The second-order valence-corrected chi connectivity index (χ2v) is 7.50. The van der Waals surface area contributed by atoms with E-state index in [0.29, 0.717) is 20.6 Å². The normalized spacial score (nSPS) is 12.8. The minimum absolute atomic E-state index is 0.121. The number of aromatic nitrogens is 2. The highest BCUT2D eigenvalue weighted by Gasteiger charge is 2.38. The summed E-state index contributed by atoms with van der Waals surface area (Å²) in [6.45, 7) is 0. The molecule has 0 aliphatic heterocycles. The molecular weight excluding hydrogens is 506 g/mol. The topological polar surface area (TPSA) is 31.6 Å². The van der Waals surface area contributed by atoms with Crippen molar-refractivity contribution in [2.24, 2.45) is 0 Å². The van der Waals surface area contributed by atoms with E-state index in [1.165, 1.54) is 0 Å². The molecule has 0 atom stereocenters. The Hall–Kier alpha value is -1.68. The molecule has 0 fully saturated rings. The smallest absolute Gasteiger partial charge is 0.352 e. The molecule has 2 N–H and O–H groups in total. The second kappa shape index (κ2) is 7.05. The summed E-state index contributed by atoms with van der Waals surface area (Å²) in [4.78, 5) is 5.84. The van der Waals surface area contributed by atoms with Gasteiger partial charge in [0.2, 0.25) is 0 Å². The number of rotatable bonds is 3. The molecule has 0 spiro atoms. The molecule has 0 bridgehead atoms. The third-order valence-electron chi connectivity index (χ3n) is 3.91. The van der Waals surface area contributed by atoms with Gasteiger partial charge in [0.05, 0.1) is 26.3 Å². The first-order valence-corrected chi connectivity index (χ1v) is 9.02. The summed E-state index contributed by atoms with van der Waals surface area (Å²) in [5.41, 5.74) is -1.98. The van der Waals surface area contributed by atoms with Crippen molar-refractivity contribution in [3.05, 3.63) is 79.7 Å². The third kappa shape index (κ3) is 4.43. The molecular formula is C17H10Br2F6N2. The van der Waals surface area contributed by atoms with Crippen LogP contribution in [0.2, 0.25) is 0 Å². The first-order valence-electron chi connectivity index (χ1n) is 7.43. The SMILES string of the molecule is FC(F)(F)c1cc(C(c2ccc(Br)[nH]2)c2ccc(Br)[nH]2)cc(C(F)(F)F)c1. The van der Waals surface area contributed by atoms with Crippen LogP contribution in [0.15, 0.2) is 51.7 Å². The molecule has 0 aliphatic carbocycles. The second-order valence-electron chi connectivity index (χ2n) is 5.80. The van der Waals surface area contributed by atoms with E-state index in [0.717, 1.165) is 12.1 Å². The predicted octanol–water partition coefficient (Wildman–Crippen LogP) is 7.09. The number of hydrogen-bond donors (Lipinski definition) is 2. The number of alkyl halides is 6. The molecule has 0 unspecified atom stereocenters. The Kier molecular flexibility index (Phi) is 5.24. The monoisotopic (exact) mass is 514 g/mol. The van der Waals surface area contributed by atoms with Crippen molar-refractivity contribution in [3.8, 4) is 0 Å². The lowest BCUT2D eigenvalue weighted by molar-refractivity contribution is -0.143. The van der Waals surface area contributed by atoms with Gasteiger partial charge in [-0.3, -0.25) is 0 Å². The van der Waals surface area contributed by atoms with Gasteiger partial charge in [-0.15, -0.1) is 0 Å². The Morgan fingerprint density at radius 2 is 1.07 bits per heavy atom. The fourth-order valence-electron chi connectivity index (χ4n) is 2.78. The van der Waals surface area contributed by atoms with Crippen molar-refractivity contribution in [1.29, 1.82) is 0 Å². The number of nitrogens with one attached hydrogen (secondary N) is 2. The summed E-state index contributed by atoms with van der Waals surface area (Å²) in [6, 6.07) is 8.04. The Morgan fingerprint density at radius 1 is 0.667 bits per heavy atom. The minimum atomic E-state index is -4.91. The van der Waals surface area contributed by atoms with Gasteiger partial charge in [-0.1, -0.05) is 0 Å². The van der Waals surface area contributed by atoms with E-state index < -0.39 is 29.4 Å². The van der Waals surface area contributed by atoms with Crippen LogP contribution in [0.1, 0.15) is 34.0 Å². The van der Waals surface area contributed by atoms with E-state index in [2.05, 4.69) is 41.8 Å². The Bertz CT molecular complexity index is 882. The van der Waals surface area contributed by atoms with Crippen molar-refractivity contribution < 1.29 is 26.3 Å². The van der Waals surface area contributed by atoms with Gasteiger partial charge in [-0.25, -0.2) is 0 Å². The van der Waals surface area contributed by atoms with Crippen LogP contribution in [0.4, 0.5) is 26.3 Å². The summed E-state index contributed by atoms with van der Waals surface area (Å²) in [5, 5.41) is 0. The van der Waals surface area contributed by atoms with Crippen LogP contribution in [0.5, 0.6) is 0 Å². The highest BCUT2D eigenvalue weighted by Crippen LogP contribution is 2.40. The maximum Gasteiger partial charge on any atom is 0.416 e. The molecule has 0 aliphatic rings. The fraction of sp³-hybridized carbons (Fsp3) is 0.176. The summed E-state index contributed by atoms with van der Waals surface area (Å²) in [7, 11) is 0. The lowest BCUT2D eigenvalue weighted by Gasteiger charge is -2.20. The van der Waals surface area contributed by atoms with Crippen LogP contribution in [0.25, 0.3) is 0 Å². The number of benzene rings is 1. The average Bonchev–Trinajstić information content (AvgIpc) is 3.15. The van der Waals surface area contributed by atoms with Crippen LogP contribution in [-0.2, 0) is 12.4 Å². The van der Waals surface area contributed by atoms with E-state index in [4.69, 9.17) is 0 Å². The number of halogens is 8. The van der Waals surface area contributed by atoms with Crippen LogP contribution >= 0.6 is 31.9 Å². The van der Waals surface area contributed by atoms with Gasteiger partial charge in [0, 0.05) is 11.4 Å². The molecule has 1 aromatic carbocycles. The Morgan fingerprint density at radius 3 is 1.37 bits per heavy atom. The van der Waals surface area contributed by atoms with Gasteiger partial charge in [0.25, 0.3) is 0 Å². The first-order chi connectivity index (χ1) is 12.4. The molecule has 2 heterocycles. The summed E-state index contributed by atoms with van der Waals surface area (Å²) < 4.78 is 80.4. The Labute approximate surface area is 166 Å². The van der Waals surface area contributed by atoms with Gasteiger partial charge < -0.3 is 9.97 Å². The van der Waals surface area contributed by atoms with Crippen molar-refractivity contribution >= 4 is 31.9 Å². The maximum absolute atomic E-state index is 13.2. The zero-order chi connectivity index (χ0) is 20.0. The molecule has 3 aromatic rings. The molecule has 27 heavy (non-hydrogen) atoms. The highest BCUT2D eigenvalue weighted by atomic mass is 79.9. The van der Waals surface area contributed by atoms with E-state index in [9.17, 15) is 26.3 Å². The van der Waals surface area contributed by atoms with E-state index in [-0.39, 0.29) is 11.6 Å². The van der Waals surface area contributed by atoms with Crippen molar-refractivity contribution in [3.63, 3.8) is 0 Å². The van der Waals surface area contributed by atoms with Gasteiger partial charge in [0.1, 0.15) is 0 Å². The third-order valence-corrected chi connectivity index (χ3v) is 4.84. The first kappa shape index (κ1) is 20.1. The molecule has 144 valence electrons. The lowest BCUT2D eigenvalue weighted by Crippen LogP contribution is -2.14. The summed E-state index contributed by atoms with van der Waals surface area (Å²) in [5.74, 6) is -0.883. The highest BCUT2D eigenvalue weighted by molar-refractivity contribution is 9.10. The van der Waals surface area contributed by atoms with Gasteiger partial charge in [-0.2, -0.15) is 26.3 Å². The fourth-order valence-corrected chi connectivity index (χ4v) is 3.50. The van der Waals surface area contributed by atoms with Crippen LogP contribution in [-0.4, -0.2) is 9.97 Å². The molecule has 0 amide bonds. The lowest BCUT2D eigenvalue weighted by atomic mass is 9.89. The van der Waals surface area contributed by atoms with Crippen LogP contribution in [0.3, 0.4) is 0 Å². The number of aromatic amines is 2. The van der Waals surface area contributed by atoms with Gasteiger partial charge >= 0.3 is 12.4 Å². The molecule has 0 saturated heterocycles. The zero-order valence-corrected chi connectivity index (χ0v) is 16.3. The zero-order valence-electron chi connectivity index (χ0n) is 13.1. The van der Waals surface area contributed by atoms with E-state index in [1.807, 2.05) is 0 Å². The summed E-state index contributed by atoms with van der Waals surface area (Å²) >= 11 is 6.42. The minimum Gasteiger partial charge on any atom is -0.352 e. The largest absolute Gasteiger partial charge is 0.416 e. The standard InChI is InChI=1S/C17H10Br2F6N2/c18-13-3-1-11(26-13)15(12-2-4-14(19)27-12)8-5-9(16(20,21)22)7-10(6-8)17(23,24)25/h1-7,15,26-27H. The number of H-pyrrole nitrogens is 2. The van der Waals surface area contributed by atoms with E-state index >= 15 is 0 Å². The van der Waals surface area contributed by atoms with Crippen molar-refractivity contribution in [1.82, 2.24) is 9.97 Å². The molecule has 0 saturated carbocycles. The van der Waals surface area contributed by atoms with Crippen molar-refractivity contribution in [2.45, 2.75) is 18.3 Å². The molecule has 10 heteroatoms. The van der Waals surface area contributed by atoms with Gasteiger partial charge in [-0.05, 0) is 79.9 Å². The molecule has 2 nitrogen and oxygen atoms in total. The van der Waals surface area contributed by atoms with Crippen molar-refractivity contribution in [2.75, 3.05) is 0 Å². The van der Waals surface area contributed by atoms with Crippen LogP contribution < -0.4 is 0 Å². The Balaban J connectivity index is 2.25. The van der Waals surface area contributed by atoms with E-state index in [1.54, 1.807) is 24.3 Å². The average molecular weight is 516 g/mol. The van der Waals surface area contributed by atoms with Crippen LogP contribution in [0, 0.1) is 0 Å². The van der Waals surface area contributed by atoms with Gasteiger partial charge in [0.15, 0.2) is 0 Å². The molecule has 0 radical (unpaired) electrons. The molecule has 3 rings (SSSR count). The maximum atomic E-state index is 13.2. The quantitative estimate of drug-likeness (QED) is 0.349. The predicted molar refractivity (Wildman–Crippen MR) is 94.4 cm³/mol. The summed E-state index contributed by atoms with van der Waals surface area (Å²) in [6.07, 6.45) is -9.82. The number of hydrogen-bond acceptors (Lipinski definition) is 0. The molecule has 2 aromatic heterocycles.